The first-order chi connectivity index (χ1) is 17.3. The molecule has 4 heteroatoms. The van der Waals surface area contributed by atoms with E-state index in [0.29, 0.717) is 0 Å². The van der Waals surface area contributed by atoms with Gasteiger partial charge in [0, 0.05) is 21.4 Å². The summed E-state index contributed by atoms with van der Waals surface area (Å²) in [5, 5.41) is 6.40. The maximum absolute atomic E-state index is 5.07. The molecule has 166 valence electrons. The van der Waals surface area contributed by atoms with Crippen LogP contribution in [-0.2, 0) is 0 Å². The van der Waals surface area contributed by atoms with Crippen molar-refractivity contribution in [2.24, 2.45) is 0 Å². The van der Waals surface area contributed by atoms with Crippen molar-refractivity contribution in [1.82, 2.24) is 9.97 Å². The fourth-order valence-corrected chi connectivity index (χ4v) is 5.93. The van der Waals surface area contributed by atoms with E-state index in [1.54, 1.807) is 0 Å². The number of hydrogen-bond donors (Lipinski definition) is 1. The number of nitrogens with one attached hydrogen (secondary N) is 1. The summed E-state index contributed by atoms with van der Waals surface area (Å²) in [5.74, 6) is 0. The van der Waals surface area contributed by atoms with E-state index >= 15 is 0 Å². The molecule has 1 atom stereocenters. The summed E-state index contributed by atoms with van der Waals surface area (Å²) in [6.45, 7) is 0. The van der Waals surface area contributed by atoms with Crippen LogP contribution in [0.1, 0.15) is 10.9 Å². The maximum atomic E-state index is 5.07. The fraction of sp³-hybridized carbons (Fsp3) is 0.0323. The molecule has 0 saturated heterocycles. The Morgan fingerprint density at radius 2 is 1.26 bits per heavy atom. The molecule has 0 saturated carbocycles. The van der Waals surface area contributed by atoms with Crippen molar-refractivity contribution in [2.45, 2.75) is 10.3 Å². The Kier molecular flexibility index (Phi) is 4.78. The van der Waals surface area contributed by atoms with Crippen LogP contribution < -0.4 is 5.32 Å². The Balaban J connectivity index is 1.36. The summed E-state index contributed by atoms with van der Waals surface area (Å²) in [7, 11) is 0. The lowest BCUT2D eigenvalue weighted by molar-refractivity contribution is 1.14. The first kappa shape index (κ1) is 20.2. The molecule has 1 aromatic heterocycles. The van der Waals surface area contributed by atoms with Gasteiger partial charge in [-0.2, -0.15) is 0 Å². The van der Waals surface area contributed by atoms with Gasteiger partial charge in [0.2, 0.25) is 0 Å². The van der Waals surface area contributed by atoms with E-state index in [4.69, 9.17) is 9.97 Å². The van der Waals surface area contributed by atoms with Gasteiger partial charge in [-0.1, -0.05) is 103 Å². The zero-order valence-corrected chi connectivity index (χ0v) is 19.7. The number of nitrogens with zero attached hydrogens (tertiary/aromatic N) is 2. The van der Waals surface area contributed by atoms with Crippen molar-refractivity contribution in [3.63, 3.8) is 0 Å². The first-order valence-corrected chi connectivity index (χ1v) is 12.6. The van der Waals surface area contributed by atoms with Gasteiger partial charge >= 0.3 is 0 Å². The first-order valence-electron chi connectivity index (χ1n) is 11.7. The Morgan fingerprint density at radius 3 is 2.00 bits per heavy atom. The van der Waals surface area contributed by atoms with Gasteiger partial charge in [0.15, 0.2) is 0 Å². The molecule has 2 heterocycles. The number of rotatable bonds is 3. The van der Waals surface area contributed by atoms with Gasteiger partial charge in [-0.3, -0.25) is 0 Å². The number of hydrogen-bond acceptors (Lipinski definition) is 4. The van der Waals surface area contributed by atoms with Crippen LogP contribution >= 0.6 is 11.8 Å². The molecule has 1 aliphatic heterocycles. The Labute approximate surface area is 207 Å². The topological polar surface area (TPSA) is 37.8 Å². The average molecular weight is 468 g/mol. The standard InChI is InChI=1S/C31H21N3S/c1-3-9-20(10-4-1)28-29(33-26-14-8-7-13-25(26)32-28)23-15-17-24-22(19-23)16-18-27-30(24)34-31(35-27)21-11-5-2-6-12-21/h1-19,31,34H. The summed E-state index contributed by atoms with van der Waals surface area (Å²) in [6, 6.07) is 40.1. The smallest absolute Gasteiger partial charge is 0.103 e. The number of thioether (sulfide) groups is 1. The number of aromatic nitrogens is 2. The Hall–Kier alpha value is -4.15. The second-order valence-corrected chi connectivity index (χ2v) is 9.85. The largest absolute Gasteiger partial charge is 0.368 e. The highest BCUT2D eigenvalue weighted by Gasteiger charge is 2.24. The van der Waals surface area contributed by atoms with Crippen LogP contribution in [-0.4, -0.2) is 9.97 Å². The van der Waals surface area contributed by atoms with Crippen LogP contribution in [0.4, 0.5) is 5.69 Å². The Morgan fingerprint density at radius 1 is 0.600 bits per heavy atom. The van der Waals surface area contributed by atoms with E-state index in [1.165, 1.54) is 26.9 Å². The average Bonchev–Trinajstić information content (AvgIpc) is 3.38. The van der Waals surface area contributed by atoms with Crippen molar-refractivity contribution < 1.29 is 0 Å². The van der Waals surface area contributed by atoms with Crippen molar-refractivity contribution in [3.05, 3.63) is 121 Å². The van der Waals surface area contributed by atoms with Gasteiger partial charge in [0.05, 0.1) is 28.1 Å². The van der Waals surface area contributed by atoms with Gasteiger partial charge in [-0.15, -0.1) is 0 Å². The number of fused-ring (bicyclic) bond motifs is 4. The summed E-state index contributed by atoms with van der Waals surface area (Å²) >= 11 is 1.87. The number of anilines is 1. The summed E-state index contributed by atoms with van der Waals surface area (Å²) in [5.41, 5.74) is 8.25. The van der Waals surface area contributed by atoms with E-state index < -0.39 is 0 Å². The summed E-state index contributed by atoms with van der Waals surface area (Å²) in [6.07, 6.45) is 0. The predicted molar refractivity (Wildman–Crippen MR) is 147 cm³/mol. The molecule has 6 aromatic rings. The minimum absolute atomic E-state index is 0.229. The van der Waals surface area contributed by atoms with Crippen molar-refractivity contribution in [1.29, 1.82) is 0 Å². The van der Waals surface area contributed by atoms with E-state index in [9.17, 15) is 0 Å². The van der Waals surface area contributed by atoms with Crippen LogP contribution in [0.5, 0.6) is 0 Å². The second kappa shape index (κ2) is 8.26. The van der Waals surface area contributed by atoms with E-state index in [1.807, 2.05) is 54.2 Å². The molecule has 0 aliphatic carbocycles. The van der Waals surface area contributed by atoms with Gasteiger partial charge in [-0.05, 0) is 35.2 Å². The van der Waals surface area contributed by atoms with Crippen LogP contribution in [0.3, 0.4) is 0 Å². The molecule has 7 rings (SSSR count). The highest BCUT2D eigenvalue weighted by molar-refractivity contribution is 8.00. The van der Waals surface area contributed by atoms with Gasteiger partial charge < -0.3 is 5.32 Å². The Bertz CT molecular complexity index is 1700. The zero-order valence-electron chi connectivity index (χ0n) is 18.8. The van der Waals surface area contributed by atoms with E-state index in [2.05, 4.69) is 78.1 Å². The monoisotopic (exact) mass is 467 g/mol. The molecule has 0 fully saturated rings. The third-order valence-corrected chi connectivity index (χ3v) is 7.72. The summed E-state index contributed by atoms with van der Waals surface area (Å²) < 4.78 is 0. The predicted octanol–water partition coefficient (Wildman–Crippen LogP) is 8.33. The van der Waals surface area contributed by atoms with Crippen molar-refractivity contribution in [2.75, 3.05) is 5.32 Å². The van der Waals surface area contributed by atoms with Crippen molar-refractivity contribution >= 4 is 39.3 Å². The molecule has 0 spiro atoms. The molecular weight excluding hydrogens is 446 g/mol. The summed E-state index contributed by atoms with van der Waals surface area (Å²) in [4.78, 5) is 11.4. The maximum Gasteiger partial charge on any atom is 0.103 e. The van der Waals surface area contributed by atoms with Gasteiger partial charge in [0.1, 0.15) is 5.37 Å². The molecule has 0 radical (unpaired) electrons. The van der Waals surface area contributed by atoms with Crippen LogP contribution in [0.2, 0.25) is 0 Å². The minimum Gasteiger partial charge on any atom is -0.368 e. The third kappa shape index (κ3) is 3.54. The zero-order chi connectivity index (χ0) is 23.2. The van der Waals surface area contributed by atoms with E-state index in [-0.39, 0.29) is 5.37 Å². The highest BCUT2D eigenvalue weighted by atomic mass is 32.2. The molecule has 35 heavy (non-hydrogen) atoms. The van der Waals surface area contributed by atoms with E-state index in [0.717, 1.165) is 33.5 Å². The molecule has 1 unspecified atom stereocenters. The fourth-order valence-electron chi connectivity index (χ4n) is 4.77. The van der Waals surface area contributed by atoms with Crippen LogP contribution in [0.25, 0.3) is 44.3 Å². The quantitative estimate of drug-likeness (QED) is 0.284. The number of benzene rings is 5. The lowest BCUT2D eigenvalue weighted by Crippen LogP contribution is -2.01. The molecule has 3 nitrogen and oxygen atoms in total. The molecule has 1 N–H and O–H groups in total. The van der Waals surface area contributed by atoms with Gasteiger partial charge in [0.25, 0.3) is 0 Å². The lowest BCUT2D eigenvalue weighted by atomic mass is 9.99. The normalized spacial score (nSPS) is 14.7. The second-order valence-electron chi connectivity index (χ2n) is 8.70. The molecule has 0 bridgehead atoms. The third-order valence-electron chi connectivity index (χ3n) is 6.50. The van der Waals surface area contributed by atoms with Gasteiger partial charge in [-0.25, -0.2) is 9.97 Å². The lowest BCUT2D eigenvalue weighted by Gasteiger charge is -2.13. The SMILES string of the molecule is c1ccc(-c2nc3ccccc3nc2-c2ccc3c4c(ccc3c2)SC(c2ccccc2)N4)cc1. The molecular formula is C31H21N3S. The number of para-hydroxylation sites is 2. The minimum atomic E-state index is 0.229. The van der Waals surface area contributed by atoms with Crippen molar-refractivity contribution in [3.8, 4) is 22.5 Å². The molecule has 5 aromatic carbocycles. The van der Waals surface area contributed by atoms with Crippen LogP contribution in [0, 0.1) is 0 Å². The molecule has 0 amide bonds. The molecule has 1 aliphatic rings. The van der Waals surface area contributed by atoms with Crippen LogP contribution in [0.15, 0.2) is 120 Å². The highest BCUT2D eigenvalue weighted by Crippen LogP contribution is 2.49.